The zero-order valence-corrected chi connectivity index (χ0v) is 16.4. The van der Waals surface area contributed by atoms with Crippen LogP contribution < -0.4 is 10.6 Å². The molecule has 0 fully saturated rings. The Morgan fingerprint density at radius 3 is 2.75 bits per heavy atom. The Hall–Kier alpha value is -2.64. The van der Waals surface area contributed by atoms with Crippen molar-refractivity contribution in [3.05, 3.63) is 81.8 Å². The molecule has 1 aliphatic rings. The number of halogens is 1. The minimum atomic E-state index is -0.316. The first-order valence-electron chi connectivity index (χ1n) is 8.77. The summed E-state index contributed by atoms with van der Waals surface area (Å²) in [7, 11) is 0. The lowest BCUT2D eigenvalue weighted by Crippen LogP contribution is -2.31. The van der Waals surface area contributed by atoms with E-state index in [0.717, 1.165) is 22.6 Å². The third-order valence-corrected chi connectivity index (χ3v) is 6.33. The maximum atomic E-state index is 13.7. The van der Waals surface area contributed by atoms with Gasteiger partial charge in [0.05, 0.1) is 22.9 Å². The molecular formula is C21H17FN2O2S2. The molecule has 142 valence electrons. The molecule has 2 heterocycles. The topological polar surface area (TPSA) is 58.2 Å². The number of hydrogen-bond donors (Lipinski definition) is 2. The van der Waals surface area contributed by atoms with Gasteiger partial charge >= 0.3 is 0 Å². The van der Waals surface area contributed by atoms with Gasteiger partial charge in [-0.2, -0.15) is 11.3 Å². The third-order valence-electron chi connectivity index (χ3n) is 4.52. The first-order chi connectivity index (χ1) is 13.6. The number of thioether (sulfide) groups is 1. The SMILES string of the molecule is O=C(Nc1ccccc1C(=O)NC1CCSc2ccc(F)cc21)c1ccsc1. The lowest BCUT2D eigenvalue weighted by Gasteiger charge is -2.26. The lowest BCUT2D eigenvalue weighted by atomic mass is 10.0. The molecule has 0 saturated heterocycles. The number of benzene rings is 2. The molecular weight excluding hydrogens is 395 g/mol. The maximum Gasteiger partial charge on any atom is 0.256 e. The average Bonchev–Trinajstić information content (AvgIpc) is 3.24. The number of hydrogen-bond acceptors (Lipinski definition) is 4. The van der Waals surface area contributed by atoms with Gasteiger partial charge in [0.1, 0.15) is 5.82 Å². The number of rotatable bonds is 4. The van der Waals surface area contributed by atoms with Crippen molar-refractivity contribution in [2.75, 3.05) is 11.1 Å². The molecule has 1 atom stereocenters. The van der Waals surface area contributed by atoms with Gasteiger partial charge in [0, 0.05) is 16.0 Å². The Labute approximate surface area is 170 Å². The highest BCUT2D eigenvalue weighted by molar-refractivity contribution is 7.99. The maximum absolute atomic E-state index is 13.7. The number of carbonyl (C=O) groups excluding carboxylic acids is 2. The van der Waals surface area contributed by atoms with Crippen LogP contribution in [-0.2, 0) is 0 Å². The molecule has 0 bridgehead atoms. The number of para-hydroxylation sites is 1. The highest BCUT2D eigenvalue weighted by Gasteiger charge is 2.24. The fraction of sp³-hybridized carbons (Fsp3) is 0.143. The zero-order valence-electron chi connectivity index (χ0n) is 14.8. The Bertz CT molecular complexity index is 1020. The minimum Gasteiger partial charge on any atom is -0.345 e. The molecule has 1 unspecified atom stereocenters. The lowest BCUT2D eigenvalue weighted by molar-refractivity contribution is 0.0935. The van der Waals surface area contributed by atoms with Crippen LogP contribution in [0.3, 0.4) is 0 Å². The first kappa shape index (κ1) is 18.7. The Morgan fingerprint density at radius 1 is 1.07 bits per heavy atom. The molecule has 0 radical (unpaired) electrons. The number of fused-ring (bicyclic) bond motifs is 1. The second-order valence-electron chi connectivity index (χ2n) is 6.36. The number of nitrogens with one attached hydrogen (secondary N) is 2. The van der Waals surface area contributed by atoms with Crippen molar-refractivity contribution in [3.63, 3.8) is 0 Å². The van der Waals surface area contributed by atoms with Crippen molar-refractivity contribution >= 4 is 40.6 Å². The fourth-order valence-corrected chi connectivity index (χ4v) is 4.87. The van der Waals surface area contributed by atoms with Gasteiger partial charge in [-0.25, -0.2) is 4.39 Å². The summed E-state index contributed by atoms with van der Waals surface area (Å²) in [6.07, 6.45) is 0.719. The van der Waals surface area contributed by atoms with Crippen LogP contribution in [0.1, 0.15) is 38.7 Å². The first-order valence-corrected chi connectivity index (χ1v) is 10.7. The predicted octanol–water partition coefficient (Wildman–Crippen LogP) is 5.11. The van der Waals surface area contributed by atoms with E-state index in [9.17, 15) is 14.0 Å². The summed E-state index contributed by atoms with van der Waals surface area (Å²) >= 11 is 3.09. The normalized spacial score (nSPS) is 15.5. The van der Waals surface area contributed by atoms with Gasteiger partial charge in [-0.3, -0.25) is 9.59 Å². The number of amides is 2. The molecule has 0 saturated carbocycles. The van der Waals surface area contributed by atoms with Gasteiger partial charge in [-0.05, 0) is 53.8 Å². The average molecular weight is 413 g/mol. The van der Waals surface area contributed by atoms with Gasteiger partial charge < -0.3 is 10.6 Å². The van der Waals surface area contributed by atoms with E-state index in [-0.39, 0.29) is 23.7 Å². The van der Waals surface area contributed by atoms with Crippen LogP contribution in [0, 0.1) is 5.82 Å². The molecule has 2 N–H and O–H groups in total. The highest BCUT2D eigenvalue weighted by atomic mass is 32.2. The third kappa shape index (κ3) is 3.95. The van der Waals surface area contributed by atoms with Crippen molar-refractivity contribution in [1.82, 2.24) is 5.32 Å². The van der Waals surface area contributed by atoms with Crippen LogP contribution in [0.15, 0.2) is 64.2 Å². The number of thiophene rings is 1. The van der Waals surface area contributed by atoms with Crippen molar-refractivity contribution < 1.29 is 14.0 Å². The molecule has 1 aromatic heterocycles. The van der Waals surface area contributed by atoms with E-state index in [0.29, 0.717) is 16.8 Å². The molecule has 4 nitrogen and oxygen atoms in total. The molecule has 0 aliphatic carbocycles. The molecule has 0 spiro atoms. The summed E-state index contributed by atoms with van der Waals surface area (Å²) in [5.74, 6) is -0.0274. The van der Waals surface area contributed by atoms with Gasteiger partial charge in [-0.1, -0.05) is 12.1 Å². The monoisotopic (exact) mass is 412 g/mol. The number of carbonyl (C=O) groups is 2. The van der Waals surface area contributed by atoms with E-state index in [4.69, 9.17) is 0 Å². The van der Waals surface area contributed by atoms with E-state index >= 15 is 0 Å². The van der Waals surface area contributed by atoms with Crippen molar-refractivity contribution in [3.8, 4) is 0 Å². The number of anilines is 1. The summed E-state index contributed by atoms with van der Waals surface area (Å²) in [6.45, 7) is 0. The van der Waals surface area contributed by atoms with E-state index in [2.05, 4.69) is 10.6 Å². The van der Waals surface area contributed by atoms with E-state index in [1.165, 1.54) is 23.5 Å². The largest absolute Gasteiger partial charge is 0.345 e. The molecule has 3 aromatic rings. The summed E-state index contributed by atoms with van der Waals surface area (Å²) in [5, 5.41) is 9.38. The molecule has 2 amide bonds. The fourth-order valence-electron chi connectivity index (χ4n) is 3.13. The summed E-state index contributed by atoms with van der Waals surface area (Å²) < 4.78 is 13.7. The summed E-state index contributed by atoms with van der Waals surface area (Å²) in [6, 6.07) is 13.0. The Kier molecular flexibility index (Phi) is 5.45. The molecule has 1 aliphatic heterocycles. The minimum absolute atomic E-state index is 0.261. The van der Waals surface area contributed by atoms with Gasteiger partial charge in [0.2, 0.25) is 0 Å². The second kappa shape index (κ2) is 8.16. The second-order valence-corrected chi connectivity index (χ2v) is 8.27. The van der Waals surface area contributed by atoms with Crippen molar-refractivity contribution in [2.24, 2.45) is 0 Å². The highest BCUT2D eigenvalue weighted by Crippen LogP contribution is 2.36. The Morgan fingerprint density at radius 2 is 1.93 bits per heavy atom. The smallest absolute Gasteiger partial charge is 0.256 e. The molecule has 28 heavy (non-hydrogen) atoms. The van der Waals surface area contributed by atoms with Crippen LogP contribution in [-0.4, -0.2) is 17.6 Å². The quantitative estimate of drug-likeness (QED) is 0.626. The summed E-state index contributed by atoms with van der Waals surface area (Å²) in [4.78, 5) is 26.3. The van der Waals surface area contributed by atoms with Crippen LogP contribution in [0.5, 0.6) is 0 Å². The van der Waals surface area contributed by atoms with Crippen LogP contribution in [0.2, 0.25) is 0 Å². The van der Waals surface area contributed by atoms with Crippen LogP contribution >= 0.6 is 23.1 Å². The van der Waals surface area contributed by atoms with Gasteiger partial charge in [0.15, 0.2) is 0 Å². The Balaban J connectivity index is 1.55. The van der Waals surface area contributed by atoms with Gasteiger partial charge in [-0.15, -0.1) is 11.8 Å². The van der Waals surface area contributed by atoms with Gasteiger partial charge in [0.25, 0.3) is 11.8 Å². The van der Waals surface area contributed by atoms with E-state index < -0.39 is 0 Å². The van der Waals surface area contributed by atoms with Crippen LogP contribution in [0.25, 0.3) is 0 Å². The molecule has 7 heteroatoms. The van der Waals surface area contributed by atoms with Crippen molar-refractivity contribution in [2.45, 2.75) is 17.4 Å². The summed E-state index contributed by atoms with van der Waals surface area (Å²) in [5.41, 5.74) is 2.17. The molecule has 4 rings (SSSR count). The van der Waals surface area contributed by atoms with Crippen molar-refractivity contribution in [1.29, 1.82) is 0 Å². The van der Waals surface area contributed by atoms with Crippen LogP contribution in [0.4, 0.5) is 10.1 Å². The molecule has 2 aromatic carbocycles. The van der Waals surface area contributed by atoms with E-state index in [1.807, 2.05) is 5.38 Å². The zero-order chi connectivity index (χ0) is 19.5. The standard InChI is InChI=1S/C21H17FN2O2S2/c22-14-5-6-19-16(11-14)18(8-10-28-19)24-21(26)15-3-1-2-4-17(15)23-20(25)13-7-9-27-12-13/h1-7,9,11-12,18H,8,10H2,(H,23,25)(H,24,26). The van der Waals surface area contributed by atoms with E-state index in [1.54, 1.807) is 53.5 Å². The predicted molar refractivity (Wildman–Crippen MR) is 111 cm³/mol.